The van der Waals surface area contributed by atoms with Crippen LogP contribution in [0.3, 0.4) is 0 Å². The van der Waals surface area contributed by atoms with Crippen molar-refractivity contribution in [3.63, 3.8) is 0 Å². The third kappa shape index (κ3) is 2.23. The van der Waals surface area contributed by atoms with Crippen LogP contribution >= 0.6 is 0 Å². The summed E-state index contributed by atoms with van der Waals surface area (Å²) in [6, 6.07) is 7.93. The fourth-order valence-electron chi connectivity index (χ4n) is 1.86. The second-order valence-electron chi connectivity index (χ2n) is 3.94. The Morgan fingerprint density at radius 3 is 2.41 bits per heavy atom. The zero-order valence-corrected chi connectivity index (χ0v) is 9.70. The SMILES string of the molecule is Cc1cc(-c2ccc(F)cc2)c(C=O)c(C)n1. The van der Waals surface area contributed by atoms with Gasteiger partial charge in [-0.25, -0.2) is 4.39 Å². The molecule has 0 saturated heterocycles. The minimum absolute atomic E-state index is 0.288. The number of aldehydes is 1. The van der Waals surface area contributed by atoms with E-state index in [0.717, 1.165) is 23.1 Å². The lowest BCUT2D eigenvalue weighted by Gasteiger charge is -2.08. The van der Waals surface area contributed by atoms with Gasteiger partial charge in [-0.1, -0.05) is 12.1 Å². The summed E-state index contributed by atoms with van der Waals surface area (Å²) < 4.78 is 12.9. The summed E-state index contributed by atoms with van der Waals surface area (Å²) in [6.07, 6.45) is 0.792. The average Bonchev–Trinajstić information content (AvgIpc) is 2.29. The molecule has 0 spiro atoms. The van der Waals surface area contributed by atoms with Crippen LogP contribution in [0.25, 0.3) is 11.1 Å². The van der Waals surface area contributed by atoms with Crippen LogP contribution in [0, 0.1) is 19.7 Å². The zero-order chi connectivity index (χ0) is 12.4. The summed E-state index contributed by atoms with van der Waals surface area (Å²) in [6.45, 7) is 3.67. The highest BCUT2D eigenvalue weighted by atomic mass is 19.1. The molecule has 0 saturated carbocycles. The number of hydrogen-bond donors (Lipinski definition) is 0. The van der Waals surface area contributed by atoms with Crippen LogP contribution < -0.4 is 0 Å². The Kier molecular flexibility index (Phi) is 3.00. The summed E-state index contributed by atoms with van der Waals surface area (Å²) in [7, 11) is 0. The van der Waals surface area contributed by atoms with Crippen molar-refractivity contribution in [2.75, 3.05) is 0 Å². The summed E-state index contributed by atoms with van der Waals surface area (Å²) in [5, 5.41) is 0. The predicted octanol–water partition coefficient (Wildman–Crippen LogP) is 3.32. The molecule has 86 valence electrons. The molecule has 0 atom stereocenters. The smallest absolute Gasteiger partial charge is 0.152 e. The summed E-state index contributed by atoms with van der Waals surface area (Å²) in [5.74, 6) is -0.288. The van der Waals surface area contributed by atoms with Crippen molar-refractivity contribution in [1.82, 2.24) is 4.98 Å². The second kappa shape index (κ2) is 4.45. The van der Waals surface area contributed by atoms with E-state index in [4.69, 9.17) is 0 Å². The number of benzene rings is 1. The second-order valence-corrected chi connectivity index (χ2v) is 3.94. The fourth-order valence-corrected chi connectivity index (χ4v) is 1.86. The number of carbonyl (C=O) groups is 1. The summed E-state index contributed by atoms with van der Waals surface area (Å²) in [5.41, 5.74) is 3.71. The first-order valence-corrected chi connectivity index (χ1v) is 5.31. The van der Waals surface area contributed by atoms with Gasteiger partial charge < -0.3 is 0 Å². The topological polar surface area (TPSA) is 30.0 Å². The number of carbonyl (C=O) groups excluding carboxylic acids is 1. The van der Waals surface area contributed by atoms with E-state index in [1.54, 1.807) is 19.1 Å². The lowest BCUT2D eigenvalue weighted by atomic mass is 9.99. The molecule has 1 heterocycles. The maximum atomic E-state index is 12.9. The van der Waals surface area contributed by atoms with Crippen molar-refractivity contribution in [3.05, 3.63) is 53.1 Å². The molecule has 1 aromatic carbocycles. The first-order chi connectivity index (χ1) is 8.11. The quantitative estimate of drug-likeness (QED) is 0.739. The molecule has 0 fully saturated rings. The number of rotatable bonds is 2. The van der Waals surface area contributed by atoms with E-state index in [2.05, 4.69) is 4.98 Å². The van der Waals surface area contributed by atoms with Gasteiger partial charge in [-0.2, -0.15) is 0 Å². The van der Waals surface area contributed by atoms with E-state index >= 15 is 0 Å². The van der Waals surface area contributed by atoms with E-state index in [-0.39, 0.29) is 5.82 Å². The molecule has 17 heavy (non-hydrogen) atoms. The van der Waals surface area contributed by atoms with Crippen LogP contribution in [-0.4, -0.2) is 11.3 Å². The normalized spacial score (nSPS) is 10.3. The molecule has 0 bridgehead atoms. The molecular formula is C14H12FNO. The third-order valence-electron chi connectivity index (χ3n) is 2.65. The van der Waals surface area contributed by atoms with E-state index in [9.17, 15) is 9.18 Å². The van der Waals surface area contributed by atoms with Crippen LogP contribution in [0.5, 0.6) is 0 Å². The Bertz CT molecular complexity index is 561. The largest absolute Gasteiger partial charge is 0.298 e. The molecule has 2 aromatic rings. The van der Waals surface area contributed by atoms with E-state index in [1.807, 2.05) is 13.0 Å². The number of halogens is 1. The molecule has 2 rings (SSSR count). The van der Waals surface area contributed by atoms with E-state index in [1.165, 1.54) is 12.1 Å². The predicted molar refractivity (Wildman–Crippen MR) is 64.5 cm³/mol. The Morgan fingerprint density at radius 1 is 1.18 bits per heavy atom. The van der Waals surface area contributed by atoms with Gasteiger partial charge in [0.2, 0.25) is 0 Å². The molecule has 1 aromatic heterocycles. The highest BCUT2D eigenvalue weighted by Crippen LogP contribution is 2.25. The lowest BCUT2D eigenvalue weighted by Crippen LogP contribution is -1.97. The summed E-state index contributed by atoms with van der Waals surface area (Å²) >= 11 is 0. The Labute approximate surface area is 99.1 Å². The van der Waals surface area contributed by atoms with Crippen molar-refractivity contribution in [2.45, 2.75) is 13.8 Å². The monoisotopic (exact) mass is 229 g/mol. The van der Waals surface area contributed by atoms with Crippen molar-refractivity contribution in [2.24, 2.45) is 0 Å². The van der Waals surface area contributed by atoms with Gasteiger partial charge in [-0.3, -0.25) is 9.78 Å². The molecule has 0 aliphatic heterocycles. The Morgan fingerprint density at radius 2 is 1.82 bits per heavy atom. The van der Waals surface area contributed by atoms with Crippen molar-refractivity contribution < 1.29 is 9.18 Å². The zero-order valence-electron chi connectivity index (χ0n) is 9.70. The molecule has 0 unspecified atom stereocenters. The summed E-state index contributed by atoms with van der Waals surface area (Å²) in [4.78, 5) is 15.3. The molecule has 2 nitrogen and oxygen atoms in total. The minimum atomic E-state index is -0.288. The van der Waals surface area contributed by atoms with Crippen LogP contribution in [0.4, 0.5) is 4.39 Å². The van der Waals surface area contributed by atoms with E-state index < -0.39 is 0 Å². The van der Waals surface area contributed by atoms with Gasteiger partial charge >= 0.3 is 0 Å². The van der Waals surface area contributed by atoms with Gasteiger partial charge in [-0.05, 0) is 43.2 Å². The van der Waals surface area contributed by atoms with Crippen molar-refractivity contribution in [1.29, 1.82) is 0 Å². The Hall–Kier alpha value is -2.03. The molecule has 3 heteroatoms. The molecule has 0 aliphatic rings. The van der Waals surface area contributed by atoms with Crippen molar-refractivity contribution in [3.8, 4) is 11.1 Å². The van der Waals surface area contributed by atoms with Gasteiger partial charge in [0.15, 0.2) is 6.29 Å². The van der Waals surface area contributed by atoms with Gasteiger partial charge in [0, 0.05) is 17.0 Å². The minimum Gasteiger partial charge on any atom is -0.298 e. The fraction of sp³-hybridized carbons (Fsp3) is 0.143. The van der Waals surface area contributed by atoms with Crippen LogP contribution in [0.15, 0.2) is 30.3 Å². The van der Waals surface area contributed by atoms with E-state index in [0.29, 0.717) is 11.3 Å². The number of pyridine rings is 1. The van der Waals surface area contributed by atoms with Gasteiger partial charge in [0.05, 0.1) is 0 Å². The molecule has 0 aliphatic carbocycles. The molecular weight excluding hydrogens is 217 g/mol. The number of hydrogen-bond acceptors (Lipinski definition) is 2. The maximum Gasteiger partial charge on any atom is 0.152 e. The first-order valence-electron chi connectivity index (χ1n) is 5.31. The average molecular weight is 229 g/mol. The highest BCUT2D eigenvalue weighted by molar-refractivity contribution is 5.88. The molecule has 0 radical (unpaired) electrons. The van der Waals surface area contributed by atoms with Crippen LogP contribution in [0.1, 0.15) is 21.7 Å². The standard InChI is InChI=1S/C14H12FNO/c1-9-7-13(14(8-17)10(2)16-9)11-3-5-12(15)6-4-11/h3-8H,1-2H3. The first kappa shape index (κ1) is 11.5. The number of nitrogens with zero attached hydrogens (tertiary/aromatic N) is 1. The lowest BCUT2D eigenvalue weighted by molar-refractivity contribution is 0.112. The van der Waals surface area contributed by atoms with Gasteiger partial charge in [-0.15, -0.1) is 0 Å². The number of aromatic nitrogens is 1. The van der Waals surface area contributed by atoms with Crippen LogP contribution in [-0.2, 0) is 0 Å². The van der Waals surface area contributed by atoms with Gasteiger partial charge in [0.1, 0.15) is 5.82 Å². The number of aryl methyl sites for hydroxylation is 2. The molecule has 0 amide bonds. The third-order valence-corrected chi connectivity index (χ3v) is 2.65. The molecule has 0 N–H and O–H groups in total. The maximum absolute atomic E-state index is 12.9. The highest BCUT2D eigenvalue weighted by Gasteiger charge is 2.09. The van der Waals surface area contributed by atoms with Crippen molar-refractivity contribution >= 4 is 6.29 Å². The van der Waals surface area contributed by atoms with Gasteiger partial charge in [0.25, 0.3) is 0 Å². The van der Waals surface area contributed by atoms with Crippen LogP contribution in [0.2, 0.25) is 0 Å². The Balaban J connectivity index is 2.65.